The Morgan fingerprint density at radius 2 is 1.79 bits per heavy atom. The first-order valence-electron chi connectivity index (χ1n) is 11.0. The van der Waals surface area contributed by atoms with Gasteiger partial charge in [-0.2, -0.15) is 0 Å². The number of anilines is 1. The summed E-state index contributed by atoms with van der Waals surface area (Å²) in [4.78, 5) is 27.9. The summed E-state index contributed by atoms with van der Waals surface area (Å²) in [6.07, 6.45) is 1.47. The van der Waals surface area contributed by atoms with Gasteiger partial charge < -0.3 is 19.0 Å². The topological polar surface area (TPSA) is 89.2 Å². The van der Waals surface area contributed by atoms with E-state index in [1.807, 2.05) is 25.1 Å². The number of benzene rings is 2. The van der Waals surface area contributed by atoms with Gasteiger partial charge in [-0.05, 0) is 53.8 Å². The summed E-state index contributed by atoms with van der Waals surface area (Å²) in [6.45, 7) is 8.16. The zero-order valence-corrected chi connectivity index (χ0v) is 19.4. The van der Waals surface area contributed by atoms with Crippen LogP contribution in [-0.2, 0) is 15.0 Å². The number of fused-ring (bicyclic) bond motifs is 1. The van der Waals surface area contributed by atoms with E-state index in [4.69, 9.17) is 13.9 Å². The van der Waals surface area contributed by atoms with Crippen molar-refractivity contribution in [3.05, 3.63) is 82.8 Å². The van der Waals surface area contributed by atoms with E-state index in [0.29, 0.717) is 28.5 Å². The van der Waals surface area contributed by atoms with Crippen molar-refractivity contribution in [2.24, 2.45) is 0 Å². The van der Waals surface area contributed by atoms with Gasteiger partial charge in [0.15, 0.2) is 11.5 Å². The lowest BCUT2D eigenvalue weighted by atomic mass is 9.84. The Kier molecular flexibility index (Phi) is 5.01. The molecule has 2 aliphatic rings. The molecule has 3 heterocycles. The molecule has 0 aliphatic carbocycles. The van der Waals surface area contributed by atoms with Gasteiger partial charge in [0.1, 0.15) is 17.6 Å². The lowest BCUT2D eigenvalue weighted by Crippen LogP contribution is -2.29. The fourth-order valence-corrected chi connectivity index (χ4v) is 4.34. The summed E-state index contributed by atoms with van der Waals surface area (Å²) < 4.78 is 16.5. The van der Waals surface area contributed by atoms with Crippen LogP contribution in [0.3, 0.4) is 0 Å². The quantitative estimate of drug-likeness (QED) is 0.327. The van der Waals surface area contributed by atoms with Crippen LogP contribution in [0.5, 0.6) is 11.5 Å². The van der Waals surface area contributed by atoms with Crippen molar-refractivity contribution in [1.29, 1.82) is 0 Å². The molecule has 1 amide bonds. The Labute approximate surface area is 197 Å². The second-order valence-electron chi connectivity index (χ2n) is 9.50. The SMILES string of the molecule is Cc1ccc(C(C)(C)C)cc1/C(O)=C1\C(=O)C(=O)N(c2ccc3c(c2)OCO3)C1c1ccco1. The molecule has 1 N–H and O–H groups in total. The zero-order valence-electron chi connectivity index (χ0n) is 19.4. The number of aliphatic hydroxyl groups is 1. The van der Waals surface area contributed by atoms with E-state index in [9.17, 15) is 14.7 Å². The van der Waals surface area contributed by atoms with Gasteiger partial charge >= 0.3 is 0 Å². The second-order valence-corrected chi connectivity index (χ2v) is 9.50. The second kappa shape index (κ2) is 7.80. The molecule has 1 fully saturated rings. The molecule has 2 aliphatic heterocycles. The lowest BCUT2D eigenvalue weighted by Gasteiger charge is -2.24. The summed E-state index contributed by atoms with van der Waals surface area (Å²) in [7, 11) is 0. The number of furan rings is 1. The van der Waals surface area contributed by atoms with Gasteiger partial charge in [0.05, 0.1) is 11.8 Å². The number of ether oxygens (including phenoxy) is 2. The van der Waals surface area contributed by atoms with Crippen molar-refractivity contribution in [3.8, 4) is 11.5 Å². The summed E-state index contributed by atoms with van der Waals surface area (Å²) in [5.41, 5.74) is 2.55. The maximum absolute atomic E-state index is 13.3. The molecule has 7 heteroatoms. The summed E-state index contributed by atoms with van der Waals surface area (Å²) in [5.74, 6) is -0.367. The lowest BCUT2D eigenvalue weighted by molar-refractivity contribution is -0.132. The molecule has 1 saturated heterocycles. The molecular weight excluding hydrogens is 434 g/mol. The number of hydrogen-bond acceptors (Lipinski definition) is 6. The largest absolute Gasteiger partial charge is 0.507 e. The normalized spacial score (nSPS) is 19.2. The molecule has 7 nitrogen and oxygen atoms in total. The third-order valence-corrected chi connectivity index (χ3v) is 6.25. The van der Waals surface area contributed by atoms with Crippen molar-refractivity contribution in [2.45, 2.75) is 39.2 Å². The highest BCUT2D eigenvalue weighted by Gasteiger charge is 2.48. The predicted molar refractivity (Wildman–Crippen MR) is 126 cm³/mol. The van der Waals surface area contributed by atoms with Crippen molar-refractivity contribution in [2.75, 3.05) is 11.7 Å². The van der Waals surface area contributed by atoms with Crippen LogP contribution in [0.15, 0.2) is 64.8 Å². The van der Waals surface area contributed by atoms with Crippen LogP contribution in [0, 0.1) is 6.92 Å². The Balaban J connectivity index is 1.70. The van der Waals surface area contributed by atoms with Gasteiger partial charge in [-0.15, -0.1) is 0 Å². The number of hydrogen-bond donors (Lipinski definition) is 1. The number of amides is 1. The van der Waals surface area contributed by atoms with Crippen LogP contribution >= 0.6 is 0 Å². The molecule has 1 unspecified atom stereocenters. The molecule has 174 valence electrons. The number of aryl methyl sites for hydroxylation is 1. The first-order valence-corrected chi connectivity index (χ1v) is 11.0. The van der Waals surface area contributed by atoms with Crippen LogP contribution in [-0.4, -0.2) is 23.6 Å². The van der Waals surface area contributed by atoms with Gasteiger partial charge in [-0.25, -0.2) is 0 Å². The van der Waals surface area contributed by atoms with Crippen molar-refractivity contribution < 1.29 is 28.6 Å². The highest BCUT2D eigenvalue weighted by molar-refractivity contribution is 6.51. The van der Waals surface area contributed by atoms with Gasteiger partial charge in [0.2, 0.25) is 6.79 Å². The molecule has 0 spiro atoms. The summed E-state index contributed by atoms with van der Waals surface area (Å²) in [5, 5.41) is 11.5. The van der Waals surface area contributed by atoms with Crippen LogP contribution in [0.4, 0.5) is 5.69 Å². The van der Waals surface area contributed by atoms with Gasteiger partial charge in [0, 0.05) is 17.3 Å². The van der Waals surface area contributed by atoms with E-state index in [0.717, 1.165) is 11.1 Å². The number of carbonyl (C=O) groups excluding carboxylic acids is 2. The molecule has 3 aromatic rings. The number of nitrogens with zero attached hydrogens (tertiary/aromatic N) is 1. The van der Waals surface area contributed by atoms with E-state index in [-0.39, 0.29) is 23.5 Å². The van der Waals surface area contributed by atoms with Gasteiger partial charge in [0.25, 0.3) is 11.7 Å². The van der Waals surface area contributed by atoms with Crippen LogP contribution in [0.2, 0.25) is 0 Å². The summed E-state index contributed by atoms with van der Waals surface area (Å²) in [6, 6.07) is 13.2. The molecule has 34 heavy (non-hydrogen) atoms. The van der Waals surface area contributed by atoms with Crippen LogP contribution in [0.25, 0.3) is 5.76 Å². The Morgan fingerprint density at radius 1 is 1.03 bits per heavy atom. The first-order chi connectivity index (χ1) is 16.2. The van der Waals surface area contributed by atoms with Crippen molar-refractivity contribution >= 4 is 23.1 Å². The molecule has 2 aromatic carbocycles. The molecular formula is C27H25NO6. The standard InChI is InChI=1S/C27H25NO6/c1-15-7-8-16(27(2,3)4)12-18(15)24(29)22-23(20-6-5-11-32-20)28(26(31)25(22)30)17-9-10-19-21(13-17)34-14-33-19/h5-13,23,29H,14H2,1-4H3/b24-22+. The van der Waals surface area contributed by atoms with E-state index in [2.05, 4.69) is 20.8 Å². The van der Waals surface area contributed by atoms with E-state index in [1.54, 1.807) is 30.3 Å². The average molecular weight is 459 g/mol. The molecule has 0 saturated carbocycles. The maximum Gasteiger partial charge on any atom is 0.300 e. The predicted octanol–water partition coefficient (Wildman–Crippen LogP) is 5.24. The Morgan fingerprint density at radius 3 is 2.50 bits per heavy atom. The third kappa shape index (κ3) is 3.44. The summed E-state index contributed by atoms with van der Waals surface area (Å²) >= 11 is 0. The maximum atomic E-state index is 13.3. The number of ketones is 1. The van der Waals surface area contributed by atoms with Crippen molar-refractivity contribution in [1.82, 2.24) is 0 Å². The highest BCUT2D eigenvalue weighted by Crippen LogP contribution is 2.45. The van der Waals surface area contributed by atoms with Crippen LogP contribution < -0.4 is 14.4 Å². The Hall–Kier alpha value is -4.00. The average Bonchev–Trinajstić information content (AvgIpc) is 3.53. The minimum atomic E-state index is -0.937. The highest BCUT2D eigenvalue weighted by atomic mass is 16.7. The van der Waals surface area contributed by atoms with Crippen molar-refractivity contribution in [3.63, 3.8) is 0 Å². The monoisotopic (exact) mass is 459 g/mol. The molecule has 0 radical (unpaired) electrons. The minimum Gasteiger partial charge on any atom is -0.507 e. The molecule has 0 bridgehead atoms. The molecule has 1 atom stereocenters. The third-order valence-electron chi connectivity index (χ3n) is 6.25. The molecule has 1 aromatic heterocycles. The smallest absolute Gasteiger partial charge is 0.300 e. The molecule has 5 rings (SSSR count). The zero-order chi connectivity index (χ0) is 24.2. The fourth-order valence-electron chi connectivity index (χ4n) is 4.34. The van der Waals surface area contributed by atoms with Gasteiger partial charge in [-0.1, -0.05) is 32.9 Å². The Bertz CT molecular complexity index is 1330. The number of Topliss-reactive ketones (excluding diaryl/α,β-unsaturated/α-hetero) is 1. The number of carbonyl (C=O) groups is 2. The van der Waals surface area contributed by atoms with E-state index < -0.39 is 17.7 Å². The van der Waals surface area contributed by atoms with Crippen LogP contribution in [0.1, 0.15) is 49.3 Å². The van der Waals surface area contributed by atoms with E-state index >= 15 is 0 Å². The van der Waals surface area contributed by atoms with E-state index in [1.165, 1.54) is 11.2 Å². The first kappa shape index (κ1) is 21.8. The minimum absolute atomic E-state index is 0.0215. The number of rotatable bonds is 3. The fraction of sp³-hybridized carbons (Fsp3) is 0.259. The number of aliphatic hydroxyl groups excluding tert-OH is 1. The van der Waals surface area contributed by atoms with Gasteiger partial charge in [-0.3, -0.25) is 14.5 Å².